The fourth-order valence-electron chi connectivity index (χ4n) is 0.658. The average Bonchev–Trinajstić information content (AvgIpc) is 2.14. The zero-order valence-electron chi connectivity index (χ0n) is 6.70. The second kappa shape index (κ2) is 5.97. The van der Waals surface area contributed by atoms with E-state index in [0.29, 0.717) is 0 Å². The first kappa shape index (κ1) is 12.4. The van der Waals surface area contributed by atoms with Crippen LogP contribution in [0.25, 0.3) is 0 Å². The Morgan fingerprint density at radius 2 is 1.85 bits per heavy atom. The van der Waals surface area contributed by atoms with E-state index < -0.39 is 37.3 Å². The summed E-state index contributed by atoms with van der Waals surface area (Å²) in [6, 6.07) is 0. The van der Waals surface area contributed by atoms with Crippen LogP contribution >= 0.6 is 0 Å². The maximum absolute atomic E-state index is 10.7. The van der Waals surface area contributed by atoms with E-state index in [1.54, 1.807) is 0 Å². The van der Waals surface area contributed by atoms with Gasteiger partial charge in [0.15, 0.2) is 5.78 Å². The van der Waals surface area contributed by atoms with Gasteiger partial charge in [0.05, 0.1) is 6.61 Å². The van der Waals surface area contributed by atoms with Crippen molar-refractivity contribution in [1.29, 1.82) is 0 Å². The Kier molecular flexibility index (Phi) is 5.71. The van der Waals surface area contributed by atoms with Gasteiger partial charge in [-0.25, -0.2) is 4.89 Å². The Morgan fingerprint density at radius 3 is 2.23 bits per heavy atom. The number of aliphatic hydroxyl groups is 4. The van der Waals surface area contributed by atoms with E-state index in [0.717, 1.165) is 0 Å². The van der Waals surface area contributed by atoms with Gasteiger partial charge >= 0.3 is 0 Å². The molecule has 0 rings (SSSR count). The first-order valence-electron chi connectivity index (χ1n) is 3.48. The van der Waals surface area contributed by atoms with Gasteiger partial charge in [-0.15, -0.1) is 0 Å². The Balaban J connectivity index is 4.07. The summed E-state index contributed by atoms with van der Waals surface area (Å²) in [6.45, 7) is -1.58. The normalized spacial score (nSPS) is 17.9. The van der Waals surface area contributed by atoms with Crippen molar-refractivity contribution in [2.24, 2.45) is 0 Å². The molecule has 0 aliphatic carbocycles. The Hall–Kier alpha value is -0.570. The van der Waals surface area contributed by atoms with Gasteiger partial charge in [0.2, 0.25) is 0 Å². The summed E-state index contributed by atoms with van der Waals surface area (Å²) in [6.07, 6.45) is -5.31. The van der Waals surface area contributed by atoms with Crippen molar-refractivity contribution in [3.05, 3.63) is 0 Å². The Bertz CT molecular complexity index is 159. The standard InChI is InChI=1S/C6H12O7/c7-1-3(8)5(10)6(11)4(9)2-13-12/h3,5-8,10-12H,1-2H2/t3-,5+,6-/m1/s1. The van der Waals surface area contributed by atoms with Gasteiger partial charge < -0.3 is 20.4 Å². The molecule has 3 atom stereocenters. The van der Waals surface area contributed by atoms with E-state index in [4.69, 9.17) is 25.7 Å². The highest BCUT2D eigenvalue weighted by Gasteiger charge is 2.29. The maximum Gasteiger partial charge on any atom is 0.192 e. The van der Waals surface area contributed by atoms with Crippen LogP contribution in [-0.2, 0) is 9.68 Å². The predicted octanol–water partition coefficient (Wildman–Crippen LogP) is -2.88. The average molecular weight is 196 g/mol. The summed E-state index contributed by atoms with van der Waals surface area (Å²) < 4.78 is 0. The molecule has 0 spiro atoms. The second-order valence-corrected chi connectivity index (χ2v) is 2.43. The number of Topliss-reactive ketones (excluding diaryl/α,β-unsaturated/α-hetero) is 1. The molecular weight excluding hydrogens is 184 g/mol. The van der Waals surface area contributed by atoms with Gasteiger partial charge in [-0.3, -0.25) is 10.1 Å². The van der Waals surface area contributed by atoms with E-state index in [-0.39, 0.29) is 0 Å². The van der Waals surface area contributed by atoms with Crippen molar-refractivity contribution < 1.29 is 35.4 Å². The van der Waals surface area contributed by atoms with E-state index in [9.17, 15) is 4.79 Å². The van der Waals surface area contributed by atoms with E-state index >= 15 is 0 Å². The van der Waals surface area contributed by atoms with Crippen LogP contribution in [0.15, 0.2) is 0 Å². The molecule has 13 heavy (non-hydrogen) atoms. The van der Waals surface area contributed by atoms with Gasteiger partial charge in [-0.05, 0) is 0 Å². The van der Waals surface area contributed by atoms with Crippen molar-refractivity contribution >= 4 is 5.78 Å². The smallest absolute Gasteiger partial charge is 0.192 e. The van der Waals surface area contributed by atoms with E-state index in [1.165, 1.54) is 0 Å². The number of hydrogen-bond donors (Lipinski definition) is 5. The predicted molar refractivity (Wildman–Crippen MR) is 38.7 cm³/mol. The van der Waals surface area contributed by atoms with E-state index in [2.05, 4.69) is 4.89 Å². The SMILES string of the molecule is O=C(COO)[C@@H](O)[C@@H](O)[C@H](O)CO. The minimum Gasteiger partial charge on any atom is -0.394 e. The molecule has 0 unspecified atom stereocenters. The van der Waals surface area contributed by atoms with Gasteiger partial charge in [0.25, 0.3) is 0 Å². The van der Waals surface area contributed by atoms with Crippen LogP contribution in [0.3, 0.4) is 0 Å². The number of rotatable bonds is 6. The summed E-state index contributed by atoms with van der Waals surface area (Å²) in [5.74, 6) is -0.998. The lowest BCUT2D eigenvalue weighted by Crippen LogP contribution is -2.45. The number of carbonyl (C=O) groups excluding carboxylic acids is 1. The lowest BCUT2D eigenvalue weighted by Gasteiger charge is -2.19. The lowest BCUT2D eigenvalue weighted by molar-refractivity contribution is -0.241. The molecule has 0 aromatic rings. The largest absolute Gasteiger partial charge is 0.394 e. The molecule has 0 heterocycles. The minimum absolute atomic E-state index is 0.786. The molecule has 0 fully saturated rings. The molecule has 0 radical (unpaired) electrons. The first-order chi connectivity index (χ1) is 6.04. The van der Waals surface area contributed by atoms with Crippen LogP contribution in [-0.4, -0.2) is 63.0 Å². The Labute approximate surface area is 73.7 Å². The van der Waals surface area contributed by atoms with Gasteiger partial charge in [0, 0.05) is 0 Å². The van der Waals surface area contributed by atoms with Crippen LogP contribution in [0.2, 0.25) is 0 Å². The fraction of sp³-hybridized carbons (Fsp3) is 0.833. The number of carbonyl (C=O) groups is 1. The van der Waals surface area contributed by atoms with Gasteiger partial charge in [-0.1, -0.05) is 0 Å². The third kappa shape index (κ3) is 3.77. The zero-order chi connectivity index (χ0) is 10.4. The highest BCUT2D eigenvalue weighted by Crippen LogP contribution is 2.01. The summed E-state index contributed by atoms with van der Waals surface area (Å²) in [5.41, 5.74) is 0. The minimum atomic E-state index is -1.89. The first-order valence-corrected chi connectivity index (χ1v) is 3.48. The van der Waals surface area contributed by atoms with E-state index in [1.807, 2.05) is 0 Å². The molecular formula is C6H12O7. The third-order valence-electron chi connectivity index (χ3n) is 1.44. The highest BCUT2D eigenvalue weighted by atomic mass is 17.1. The lowest BCUT2D eigenvalue weighted by atomic mass is 10.1. The quantitative estimate of drug-likeness (QED) is 0.228. The number of hydrogen-bond acceptors (Lipinski definition) is 7. The second-order valence-electron chi connectivity index (χ2n) is 2.43. The van der Waals surface area contributed by atoms with Crippen molar-refractivity contribution in [2.45, 2.75) is 18.3 Å². The molecule has 0 bridgehead atoms. The molecule has 7 nitrogen and oxygen atoms in total. The van der Waals surface area contributed by atoms with Crippen molar-refractivity contribution in [3.63, 3.8) is 0 Å². The highest BCUT2D eigenvalue weighted by molar-refractivity contribution is 5.84. The van der Waals surface area contributed by atoms with Crippen LogP contribution < -0.4 is 0 Å². The van der Waals surface area contributed by atoms with Crippen molar-refractivity contribution in [1.82, 2.24) is 0 Å². The molecule has 5 N–H and O–H groups in total. The summed E-state index contributed by atoms with van der Waals surface area (Å²) in [7, 11) is 0. The van der Waals surface area contributed by atoms with Crippen LogP contribution in [0.5, 0.6) is 0 Å². The molecule has 0 aliphatic heterocycles. The summed E-state index contributed by atoms with van der Waals surface area (Å²) in [4.78, 5) is 14.1. The molecule has 78 valence electrons. The van der Waals surface area contributed by atoms with Gasteiger partial charge in [0.1, 0.15) is 24.9 Å². The molecule has 0 aromatic carbocycles. The summed E-state index contributed by atoms with van der Waals surface area (Å²) in [5, 5.41) is 42.9. The molecule has 0 amide bonds. The van der Waals surface area contributed by atoms with Crippen LogP contribution in [0, 0.1) is 0 Å². The fourth-order valence-corrected chi connectivity index (χ4v) is 0.658. The topological polar surface area (TPSA) is 127 Å². The molecule has 7 heteroatoms. The monoisotopic (exact) mass is 196 g/mol. The zero-order valence-corrected chi connectivity index (χ0v) is 6.70. The molecule has 0 saturated heterocycles. The molecule has 0 aromatic heterocycles. The van der Waals surface area contributed by atoms with Gasteiger partial charge in [-0.2, -0.15) is 0 Å². The van der Waals surface area contributed by atoms with Crippen LogP contribution in [0.1, 0.15) is 0 Å². The Morgan fingerprint density at radius 1 is 1.31 bits per heavy atom. The number of aliphatic hydroxyl groups excluding tert-OH is 4. The van der Waals surface area contributed by atoms with Crippen molar-refractivity contribution in [2.75, 3.05) is 13.2 Å². The summed E-state index contributed by atoms with van der Waals surface area (Å²) >= 11 is 0. The van der Waals surface area contributed by atoms with Crippen LogP contribution in [0.4, 0.5) is 0 Å². The maximum atomic E-state index is 10.7. The number of ketones is 1. The molecule has 0 aliphatic rings. The molecule has 0 saturated carbocycles. The third-order valence-corrected chi connectivity index (χ3v) is 1.44. The van der Waals surface area contributed by atoms with Crippen molar-refractivity contribution in [3.8, 4) is 0 Å².